The molecule has 0 N–H and O–H groups in total. The third-order valence-electron chi connectivity index (χ3n) is 5.57. The number of pyridine rings is 1. The van der Waals surface area contributed by atoms with E-state index in [0.717, 1.165) is 56.4 Å². The molecule has 0 spiro atoms. The minimum absolute atomic E-state index is 0.279. The number of piperidine rings is 1. The van der Waals surface area contributed by atoms with E-state index < -0.39 is 0 Å². The van der Waals surface area contributed by atoms with Gasteiger partial charge in [0.05, 0.1) is 0 Å². The fraction of sp³-hybridized carbons (Fsp3) is 0.450. The summed E-state index contributed by atoms with van der Waals surface area (Å²) in [4.78, 5) is 22.5. The monoisotopic (exact) mass is 377 g/mol. The molecule has 2 saturated heterocycles. The molecule has 0 aromatic carbocycles. The van der Waals surface area contributed by atoms with Crippen molar-refractivity contribution in [2.24, 2.45) is 0 Å². The molecular weight excluding hydrogens is 354 g/mol. The molecule has 0 aliphatic carbocycles. The standard InChI is InChI=1S/C20H23N7O/c1-2-8-21-16(5-1)19-24-20(28-25-19)15-6-11-27(12-7-15)18-13-17(22-14-23-18)26-9-3-4-10-26/h1-2,5,8,13-15H,3-4,6-7,9-12H2. The van der Waals surface area contributed by atoms with Crippen molar-refractivity contribution in [2.75, 3.05) is 36.0 Å². The molecule has 28 heavy (non-hydrogen) atoms. The molecule has 5 rings (SSSR count). The van der Waals surface area contributed by atoms with Gasteiger partial charge >= 0.3 is 0 Å². The van der Waals surface area contributed by atoms with E-state index in [4.69, 9.17) is 4.52 Å². The van der Waals surface area contributed by atoms with Crippen LogP contribution in [-0.2, 0) is 0 Å². The maximum atomic E-state index is 5.53. The number of nitrogens with zero attached hydrogens (tertiary/aromatic N) is 7. The van der Waals surface area contributed by atoms with Gasteiger partial charge in [-0.15, -0.1) is 0 Å². The number of aromatic nitrogens is 5. The van der Waals surface area contributed by atoms with Gasteiger partial charge in [-0.1, -0.05) is 11.2 Å². The van der Waals surface area contributed by atoms with E-state index in [0.29, 0.717) is 11.7 Å². The Morgan fingerprint density at radius 1 is 0.893 bits per heavy atom. The van der Waals surface area contributed by atoms with Crippen molar-refractivity contribution >= 4 is 11.6 Å². The summed E-state index contributed by atoms with van der Waals surface area (Å²) in [6, 6.07) is 7.82. The molecule has 0 atom stereocenters. The number of hydrogen-bond acceptors (Lipinski definition) is 8. The molecule has 0 amide bonds. The average Bonchev–Trinajstić information content (AvgIpc) is 3.47. The van der Waals surface area contributed by atoms with Crippen LogP contribution in [0.2, 0.25) is 0 Å². The second-order valence-corrected chi connectivity index (χ2v) is 7.36. The zero-order valence-corrected chi connectivity index (χ0v) is 15.7. The lowest BCUT2D eigenvalue weighted by molar-refractivity contribution is 0.329. The van der Waals surface area contributed by atoms with Gasteiger partial charge in [-0.2, -0.15) is 4.98 Å². The van der Waals surface area contributed by atoms with Crippen LogP contribution < -0.4 is 9.80 Å². The van der Waals surface area contributed by atoms with Gasteiger partial charge in [-0.3, -0.25) is 4.98 Å². The molecule has 5 heterocycles. The van der Waals surface area contributed by atoms with Crippen molar-refractivity contribution < 1.29 is 4.52 Å². The van der Waals surface area contributed by atoms with Crippen LogP contribution in [0.3, 0.4) is 0 Å². The molecule has 2 aliphatic rings. The summed E-state index contributed by atoms with van der Waals surface area (Å²) in [6.07, 6.45) is 7.85. The molecular formula is C20H23N7O. The van der Waals surface area contributed by atoms with E-state index in [2.05, 4.69) is 41.0 Å². The van der Waals surface area contributed by atoms with Crippen molar-refractivity contribution in [2.45, 2.75) is 31.6 Å². The lowest BCUT2D eigenvalue weighted by atomic mass is 9.97. The highest BCUT2D eigenvalue weighted by Crippen LogP contribution is 2.31. The lowest BCUT2D eigenvalue weighted by Gasteiger charge is -2.31. The van der Waals surface area contributed by atoms with Crippen molar-refractivity contribution in [1.29, 1.82) is 0 Å². The van der Waals surface area contributed by atoms with Crippen LogP contribution in [0.1, 0.15) is 37.5 Å². The minimum Gasteiger partial charge on any atom is -0.356 e. The predicted molar refractivity (Wildman–Crippen MR) is 105 cm³/mol. The first-order valence-electron chi connectivity index (χ1n) is 9.94. The Morgan fingerprint density at radius 3 is 2.36 bits per heavy atom. The lowest BCUT2D eigenvalue weighted by Crippen LogP contribution is -2.34. The zero-order chi connectivity index (χ0) is 18.8. The SMILES string of the molecule is c1ccc(-c2noc(C3CCN(c4cc(N5CCCC5)ncn4)CC3)n2)nc1. The Labute approximate surface area is 163 Å². The highest BCUT2D eigenvalue weighted by molar-refractivity contribution is 5.51. The smallest absolute Gasteiger partial charge is 0.230 e. The summed E-state index contributed by atoms with van der Waals surface area (Å²) < 4.78 is 5.53. The molecule has 0 saturated carbocycles. The number of anilines is 2. The van der Waals surface area contributed by atoms with E-state index in [-0.39, 0.29) is 5.92 Å². The number of hydrogen-bond donors (Lipinski definition) is 0. The van der Waals surface area contributed by atoms with Crippen molar-refractivity contribution in [3.05, 3.63) is 42.7 Å². The summed E-state index contributed by atoms with van der Waals surface area (Å²) in [7, 11) is 0. The van der Waals surface area contributed by atoms with E-state index >= 15 is 0 Å². The second-order valence-electron chi connectivity index (χ2n) is 7.36. The highest BCUT2D eigenvalue weighted by atomic mass is 16.5. The Balaban J connectivity index is 1.24. The largest absolute Gasteiger partial charge is 0.356 e. The van der Waals surface area contributed by atoms with Crippen LogP contribution in [0, 0.1) is 0 Å². The molecule has 8 nitrogen and oxygen atoms in total. The van der Waals surface area contributed by atoms with Crippen LogP contribution in [-0.4, -0.2) is 51.3 Å². The van der Waals surface area contributed by atoms with Crippen molar-refractivity contribution in [1.82, 2.24) is 25.1 Å². The first-order chi connectivity index (χ1) is 13.9. The first-order valence-corrected chi connectivity index (χ1v) is 9.94. The molecule has 0 radical (unpaired) electrons. The summed E-state index contributed by atoms with van der Waals surface area (Å²) in [5.74, 6) is 3.60. The van der Waals surface area contributed by atoms with E-state index in [9.17, 15) is 0 Å². The van der Waals surface area contributed by atoms with E-state index in [1.54, 1.807) is 12.5 Å². The maximum Gasteiger partial charge on any atom is 0.230 e. The van der Waals surface area contributed by atoms with Gasteiger partial charge in [0, 0.05) is 44.4 Å². The Kier molecular flexibility index (Phi) is 4.60. The van der Waals surface area contributed by atoms with E-state index in [1.807, 2.05) is 18.2 Å². The number of rotatable bonds is 4. The minimum atomic E-state index is 0.279. The van der Waals surface area contributed by atoms with Crippen LogP contribution in [0.25, 0.3) is 11.5 Å². The van der Waals surface area contributed by atoms with Crippen LogP contribution in [0.4, 0.5) is 11.6 Å². The third kappa shape index (κ3) is 3.42. The average molecular weight is 377 g/mol. The van der Waals surface area contributed by atoms with Gasteiger partial charge in [0.2, 0.25) is 11.7 Å². The van der Waals surface area contributed by atoms with Gasteiger partial charge in [0.1, 0.15) is 23.7 Å². The Morgan fingerprint density at radius 2 is 1.64 bits per heavy atom. The fourth-order valence-corrected chi connectivity index (χ4v) is 3.98. The predicted octanol–water partition coefficient (Wildman–Crippen LogP) is 2.91. The molecule has 0 unspecified atom stereocenters. The molecule has 2 fully saturated rings. The normalized spacial score (nSPS) is 18.0. The fourth-order valence-electron chi connectivity index (χ4n) is 3.98. The van der Waals surface area contributed by atoms with Gasteiger partial charge in [-0.25, -0.2) is 9.97 Å². The summed E-state index contributed by atoms with van der Waals surface area (Å²) in [5, 5.41) is 4.11. The summed E-state index contributed by atoms with van der Waals surface area (Å²) in [6.45, 7) is 4.02. The summed E-state index contributed by atoms with van der Waals surface area (Å²) >= 11 is 0. The zero-order valence-electron chi connectivity index (χ0n) is 15.7. The Bertz CT molecular complexity index is 915. The first kappa shape index (κ1) is 17.1. The molecule has 0 bridgehead atoms. The summed E-state index contributed by atoms with van der Waals surface area (Å²) in [5.41, 5.74) is 0.741. The van der Waals surface area contributed by atoms with Crippen molar-refractivity contribution in [3.63, 3.8) is 0 Å². The topological polar surface area (TPSA) is 84.1 Å². The molecule has 8 heteroatoms. The van der Waals surface area contributed by atoms with Crippen molar-refractivity contribution in [3.8, 4) is 11.5 Å². The second kappa shape index (κ2) is 7.53. The molecule has 144 valence electrons. The van der Waals surface area contributed by atoms with Gasteiger partial charge in [0.15, 0.2) is 0 Å². The van der Waals surface area contributed by atoms with Gasteiger partial charge < -0.3 is 14.3 Å². The van der Waals surface area contributed by atoms with Crippen LogP contribution in [0.5, 0.6) is 0 Å². The maximum absolute atomic E-state index is 5.53. The third-order valence-corrected chi connectivity index (χ3v) is 5.57. The molecule has 2 aliphatic heterocycles. The molecule has 3 aromatic heterocycles. The quantitative estimate of drug-likeness (QED) is 0.686. The highest BCUT2D eigenvalue weighted by Gasteiger charge is 2.27. The van der Waals surface area contributed by atoms with Crippen LogP contribution in [0.15, 0.2) is 41.3 Å². The van der Waals surface area contributed by atoms with Gasteiger partial charge in [-0.05, 0) is 37.8 Å². The Hall–Kier alpha value is -3.03. The van der Waals surface area contributed by atoms with Gasteiger partial charge in [0.25, 0.3) is 0 Å². The molecule has 3 aromatic rings. The van der Waals surface area contributed by atoms with Crippen LogP contribution >= 0.6 is 0 Å². The van der Waals surface area contributed by atoms with E-state index in [1.165, 1.54) is 12.8 Å².